The third kappa shape index (κ3) is 3.74. The third-order valence-corrected chi connectivity index (χ3v) is 2.96. The fraction of sp³-hybridized carbons (Fsp3) is 0.118. The number of hydrogen-bond acceptors (Lipinski definition) is 5. The summed E-state index contributed by atoms with van der Waals surface area (Å²) >= 11 is 0. The van der Waals surface area contributed by atoms with Gasteiger partial charge in [0.2, 0.25) is 0 Å². The second-order valence-electron chi connectivity index (χ2n) is 4.46. The van der Waals surface area contributed by atoms with Gasteiger partial charge in [-0.3, -0.25) is 0 Å². The molecule has 2 aromatic carbocycles. The number of aromatic carboxylic acids is 1. The normalized spacial score (nSPS) is 9.96. The van der Waals surface area contributed by atoms with Crippen LogP contribution < -0.4 is 4.74 Å². The number of rotatable bonds is 5. The number of hydrogen-bond donors (Lipinski definition) is 1. The molecule has 0 saturated heterocycles. The molecule has 2 aromatic rings. The Morgan fingerprint density at radius 1 is 0.870 bits per heavy atom. The molecule has 6 heteroatoms. The fourth-order valence-electron chi connectivity index (χ4n) is 1.94. The summed E-state index contributed by atoms with van der Waals surface area (Å²) in [7, 11) is 0. The lowest BCUT2D eigenvalue weighted by molar-refractivity contribution is 0.0519. The van der Waals surface area contributed by atoms with Gasteiger partial charge in [-0.1, -0.05) is 24.3 Å². The van der Waals surface area contributed by atoms with E-state index >= 15 is 0 Å². The first-order valence-corrected chi connectivity index (χ1v) is 6.85. The number of para-hydroxylation sites is 1. The molecule has 118 valence electrons. The lowest BCUT2D eigenvalue weighted by Crippen LogP contribution is -2.16. The van der Waals surface area contributed by atoms with Gasteiger partial charge in [-0.05, 0) is 31.2 Å². The predicted octanol–water partition coefficient (Wildman–Crippen LogP) is 2.78. The maximum absolute atomic E-state index is 12.2. The number of esters is 2. The summed E-state index contributed by atoms with van der Waals surface area (Å²) in [4.78, 5) is 35.2. The second-order valence-corrected chi connectivity index (χ2v) is 4.46. The van der Waals surface area contributed by atoms with Crippen molar-refractivity contribution in [1.82, 2.24) is 0 Å². The monoisotopic (exact) mass is 314 g/mol. The molecule has 0 unspecified atom stereocenters. The number of ether oxygens (including phenoxy) is 2. The van der Waals surface area contributed by atoms with E-state index in [0.717, 1.165) is 0 Å². The number of carbonyl (C=O) groups is 3. The van der Waals surface area contributed by atoms with Crippen LogP contribution >= 0.6 is 0 Å². The van der Waals surface area contributed by atoms with E-state index in [1.807, 2.05) is 0 Å². The van der Waals surface area contributed by atoms with Crippen molar-refractivity contribution in [2.45, 2.75) is 6.92 Å². The molecular formula is C17H14O6. The van der Waals surface area contributed by atoms with Crippen LogP contribution in [0.4, 0.5) is 0 Å². The van der Waals surface area contributed by atoms with Gasteiger partial charge in [-0.25, -0.2) is 14.4 Å². The van der Waals surface area contributed by atoms with Crippen LogP contribution in [0.3, 0.4) is 0 Å². The molecule has 0 heterocycles. The molecule has 0 saturated carbocycles. The molecule has 0 aliphatic rings. The van der Waals surface area contributed by atoms with E-state index in [-0.39, 0.29) is 29.0 Å². The van der Waals surface area contributed by atoms with Crippen LogP contribution in [-0.2, 0) is 4.74 Å². The lowest BCUT2D eigenvalue weighted by atomic mass is 10.1. The van der Waals surface area contributed by atoms with Crippen molar-refractivity contribution in [2.24, 2.45) is 0 Å². The van der Waals surface area contributed by atoms with Gasteiger partial charge in [0.25, 0.3) is 0 Å². The predicted molar refractivity (Wildman–Crippen MR) is 80.8 cm³/mol. The Balaban J connectivity index is 2.32. The van der Waals surface area contributed by atoms with Gasteiger partial charge in [-0.15, -0.1) is 0 Å². The third-order valence-electron chi connectivity index (χ3n) is 2.96. The first-order chi connectivity index (χ1) is 11.0. The first-order valence-electron chi connectivity index (χ1n) is 6.85. The molecule has 0 spiro atoms. The highest BCUT2D eigenvalue weighted by molar-refractivity contribution is 6.03. The van der Waals surface area contributed by atoms with Crippen molar-refractivity contribution in [2.75, 3.05) is 6.61 Å². The van der Waals surface area contributed by atoms with Crippen LogP contribution in [-0.4, -0.2) is 29.6 Å². The van der Waals surface area contributed by atoms with Gasteiger partial charge >= 0.3 is 17.9 Å². The molecule has 0 aliphatic heterocycles. The van der Waals surface area contributed by atoms with Crippen molar-refractivity contribution in [1.29, 1.82) is 0 Å². The van der Waals surface area contributed by atoms with E-state index in [0.29, 0.717) is 0 Å². The Morgan fingerprint density at radius 3 is 2.04 bits per heavy atom. The van der Waals surface area contributed by atoms with Gasteiger partial charge in [0.1, 0.15) is 11.3 Å². The Hall–Kier alpha value is -3.15. The zero-order valence-electron chi connectivity index (χ0n) is 12.3. The molecule has 6 nitrogen and oxygen atoms in total. The highest BCUT2D eigenvalue weighted by Crippen LogP contribution is 2.21. The standard InChI is InChI=1S/C17H14O6/c1-2-22-16(20)13-9-5-6-10-14(13)23-17(21)12-8-4-3-7-11(12)15(18)19/h3-10H,2H2,1H3,(H,18,19). The van der Waals surface area contributed by atoms with E-state index in [1.54, 1.807) is 19.1 Å². The summed E-state index contributed by atoms with van der Waals surface area (Å²) in [5.74, 6) is -2.71. The summed E-state index contributed by atoms with van der Waals surface area (Å²) in [6.45, 7) is 1.85. The van der Waals surface area contributed by atoms with Gasteiger partial charge in [0.05, 0.1) is 17.7 Å². The van der Waals surface area contributed by atoms with Crippen molar-refractivity contribution < 1.29 is 29.0 Å². The van der Waals surface area contributed by atoms with Crippen molar-refractivity contribution in [3.05, 3.63) is 65.2 Å². The van der Waals surface area contributed by atoms with Crippen LogP contribution in [0.2, 0.25) is 0 Å². The molecule has 0 amide bonds. The van der Waals surface area contributed by atoms with E-state index in [1.165, 1.54) is 36.4 Å². The summed E-state index contributed by atoms with van der Waals surface area (Å²) in [5.41, 5.74) is -0.180. The van der Waals surface area contributed by atoms with Gasteiger partial charge < -0.3 is 14.6 Å². The van der Waals surface area contributed by atoms with Gasteiger partial charge in [0.15, 0.2) is 0 Å². The minimum Gasteiger partial charge on any atom is -0.478 e. The average Bonchev–Trinajstić information content (AvgIpc) is 2.55. The molecule has 0 fully saturated rings. The van der Waals surface area contributed by atoms with Gasteiger partial charge in [-0.2, -0.15) is 0 Å². The first kappa shape index (κ1) is 16.2. The Labute approximate surface area is 132 Å². The Morgan fingerprint density at radius 2 is 1.43 bits per heavy atom. The number of benzene rings is 2. The highest BCUT2D eigenvalue weighted by Gasteiger charge is 2.20. The average molecular weight is 314 g/mol. The Bertz CT molecular complexity index is 750. The number of carboxylic acids is 1. The maximum atomic E-state index is 12.2. The van der Waals surface area contributed by atoms with E-state index in [2.05, 4.69) is 0 Å². The highest BCUT2D eigenvalue weighted by atomic mass is 16.5. The smallest absolute Gasteiger partial charge is 0.344 e. The van der Waals surface area contributed by atoms with Gasteiger partial charge in [0, 0.05) is 0 Å². The zero-order chi connectivity index (χ0) is 16.8. The summed E-state index contributed by atoms with van der Waals surface area (Å²) in [6, 6.07) is 11.8. The number of carboxylic acid groups (broad SMARTS) is 1. The SMILES string of the molecule is CCOC(=O)c1ccccc1OC(=O)c1ccccc1C(=O)O. The largest absolute Gasteiger partial charge is 0.478 e. The number of carbonyl (C=O) groups excluding carboxylic acids is 2. The Kier molecular flexibility index (Phi) is 5.09. The van der Waals surface area contributed by atoms with E-state index in [9.17, 15) is 14.4 Å². The summed E-state index contributed by atoms with van der Waals surface area (Å²) in [6.07, 6.45) is 0. The van der Waals surface area contributed by atoms with Crippen LogP contribution in [0.25, 0.3) is 0 Å². The molecule has 2 rings (SSSR count). The molecule has 0 radical (unpaired) electrons. The molecular weight excluding hydrogens is 300 g/mol. The van der Waals surface area contributed by atoms with Crippen LogP contribution in [0.1, 0.15) is 38.0 Å². The maximum Gasteiger partial charge on any atom is 0.344 e. The topological polar surface area (TPSA) is 89.9 Å². The second kappa shape index (κ2) is 7.22. The summed E-state index contributed by atoms with van der Waals surface area (Å²) in [5, 5.41) is 9.11. The molecule has 0 aromatic heterocycles. The van der Waals surface area contributed by atoms with Crippen molar-refractivity contribution in [3.8, 4) is 5.75 Å². The molecule has 0 bridgehead atoms. The molecule has 1 N–H and O–H groups in total. The zero-order valence-corrected chi connectivity index (χ0v) is 12.3. The van der Waals surface area contributed by atoms with Crippen LogP contribution in [0.5, 0.6) is 5.75 Å². The quantitative estimate of drug-likeness (QED) is 0.674. The fourth-order valence-corrected chi connectivity index (χ4v) is 1.94. The van der Waals surface area contributed by atoms with Crippen LogP contribution in [0, 0.1) is 0 Å². The van der Waals surface area contributed by atoms with Crippen molar-refractivity contribution >= 4 is 17.9 Å². The van der Waals surface area contributed by atoms with Crippen LogP contribution in [0.15, 0.2) is 48.5 Å². The van der Waals surface area contributed by atoms with E-state index < -0.39 is 17.9 Å². The molecule has 23 heavy (non-hydrogen) atoms. The minimum atomic E-state index is -1.24. The minimum absolute atomic E-state index is 0.0103. The van der Waals surface area contributed by atoms with E-state index in [4.69, 9.17) is 14.6 Å². The molecule has 0 aliphatic carbocycles. The summed E-state index contributed by atoms with van der Waals surface area (Å²) < 4.78 is 10.1. The lowest BCUT2D eigenvalue weighted by Gasteiger charge is -2.10. The molecule has 0 atom stereocenters. The van der Waals surface area contributed by atoms with Crippen molar-refractivity contribution in [3.63, 3.8) is 0 Å².